The lowest BCUT2D eigenvalue weighted by Crippen LogP contribution is -2.43. The van der Waals surface area contributed by atoms with E-state index in [0.29, 0.717) is 17.3 Å². The van der Waals surface area contributed by atoms with Crippen LogP contribution in [0.3, 0.4) is 0 Å². The van der Waals surface area contributed by atoms with Gasteiger partial charge < -0.3 is 15.5 Å². The van der Waals surface area contributed by atoms with Gasteiger partial charge in [0.2, 0.25) is 0 Å². The summed E-state index contributed by atoms with van der Waals surface area (Å²) in [4.78, 5) is 0. The first-order valence-electron chi connectivity index (χ1n) is 5.04. The number of hydrogen-bond acceptors (Lipinski definition) is 3. The van der Waals surface area contributed by atoms with Crippen LogP contribution in [-0.4, -0.2) is 22.4 Å². The molecule has 1 aliphatic rings. The Labute approximate surface area is 93.7 Å². The molecule has 0 aromatic heterocycles. The number of benzene rings is 1. The molecule has 3 N–H and O–H groups in total. The van der Waals surface area contributed by atoms with Gasteiger partial charge >= 0.3 is 0 Å². The predicted octanol–water partition coefficient (Wildman–Crippen LogP) is 2.37. The fraction of sp³-hybridized carbons (Fsp3) is 0.455. The summed E-state index contributed by atoms with van der Waals surface area (Å²) < 4.78 is 0. The number of aromatic hydroxyl groups is 1. The third-order valence-corrected chi connectivity index (χ3v) is 3.09. The SMILES string of the molecule is Oc1ccc(Cl)cc1NCC1(O)CCC1. The van der Waals surface area contributed by atoms with Crippen molar-refractivity contribution in [1.82, 2.24) is 0 Å². The molecule has 0 atom stereocenters. The molecular weight excluding hydrogens is 214 g/mol. The molecule has 1 aromatic rings. The number of rotatable bonds is 3. The van der Waals surface area contributed by atoms with Crippen molar-refractivity contribution < 1.29 is 10.2 Å². The van der Waals surface area contributed by atoms with Crippen molar-refractivity contribution in [2.75, 3.05) is 11.9 Å². The lowest BCUT2D eigenvalue weighted by molar-refractivity contribution is -0.0202. The molecule has 1 fully saturated rings. The van der Waals surface area contributed by atoms with Crippen molar-refractivity contribution >= 4 is 17.3 Å². The third kappa shape index (κ3) is 2.36. The van der Waals surface area contributed by atoms with Crippen LogP contribution in [0.1, 0.15) is 19.3 Å². The highest BCUT2D eigenvalue weighted by Crippen LogP contribution is 2.33. The van der Waals surface area contributed by atoms with Crippen molar-refractivity contribution in [3.05, 3.63) is 23.2 Å². The molecule has 1 aliphatic carbocycles. The minimum Gasteiger partial charge on any atom is -0.506 e. The molecule has 0 amide bonds. The Morgan fingerprint density at radius 2 is 2.13 bits per heavy atom. The van der Waals surface area contributed by atoms with Crippen LogP contribution in [0.2, 0.25) is 5.02 Å². The van der Waals surface area contributed by atoms with E-state index in [4.69, 9.17) is 11.6 Å². The van der Waals surface area contributed by atoms with Gasteiger partial charge in [0.05, 0.1) is 11.3 Å². The quantitative estimate of drug-likeness (QED) is 0.695. The fourth-order valence-electron chi connectivity index (χ4n) is 1.67. The van der Waals surface area contributed by atoms with Gasteiger partial charge in [0.15, 0.2) is 0 Å². The molecular formula is C11H14ClNO2. The molecule has 2 rings (SSSR count). The molecule has 0 saturated heterocycles. The Morgan fingerprint density at radius 1 is 1.40 bits per heavy atom. The third-order valence-electron chi connectivity index (χ3n) is 2.85. The standard InChI is InChI=1S/C11H14ClNO2/c12-8-2-3-10(14)9(6-8)13-7-11(15)4-1-5-11/h2-3,6,13-15H,1,4-5,7H2. The van der Waals surface area contributed by atoms with Gasteiger partial charge in [-0.15, -0.1) is 0 Å². The summed E-state index contributed by atoms with van der Waals surface area (Å²) in [5, 5.41) is 23.0. The summed E-state index contributed by atoms with van der Waals surface area (Å²) >= 11 is 5.80. The number of halogens is 1. The second-order valence-corrected chi connectivity index (χ2v) is 4.53. The van der Waals surface area contributed by atoms with E-state index in [1.54, 1.807) is 12.1 Å². The van der Waals surface area contributed by atoms with E-state index >= 15 is 0 Å². The second-order valence-electron chi connectivity index (χ2n) is 4.09. The zero-order valence-electron chi connectivity index (χ0n) is 8.33. The topological polar surface area (TPSA) is 52.5 Å². The summed E-state index contributed by atoms with van der Waals surface area (Å²) in [7, 11) is 0. The molecule has 1 saturated carbocycles. The maximum absolute atomic E-state index is 9.85. The Bertz CT molecular complexity index is 364. The van der Waals surface area contributed by atoms with Crippen LogP contribution in [0.5, 0.6) is 5.75 Å². The summed E-state index contributed by atoms with van der Waals surface area (Å²) in [6.07, 6.45) is 2.71. The molecule has 1 aromatic carbocycles. The van der Waals surface area contributed by atoms with Crippen molar-refractivity contribution in [3.8, 4) is 5.75 Å². The van der Waals surface area contributed by atoms with E-state index in [1.165, 1.54) is 6.07 Å². The van der Waals surface area contributed by atoms with Crippen LogP contribution in [0.25, 0.3) is 0 Å². The van der Waals surface area contributed by atoms with Crippen molar-refractivity contribution in [2.24, 2.45) is 0 Å². The van der Waals surface area contributed by atoms with E-state index in [9.17, 15) is 10.2 Å². The molecule has 0 heterocycles. The Morgan fingerprint density at radius 3 is 2.73 bits per heavy atom. The fourth-order valence-corrected chi connectivity index (χ4v) is 1.84. The number of anilines is 1. The van der Waals surface area contributed by atoms with Crippen LogP contribution in [-0.2, 0) is 0 Å². The van der Waals surface area contributed by atoms with E-state index in [2.05, 4.69) is 5.32 Å². The van der Waals surface area contributed by atoms with Crippen molar-refractivity contribution in [2.45, 2.75) is 24.9 Å². The minimum atomic E-state index is -0.602. The van der Waals surface area contributed by atoms with E-state index in [1.807, 2.05) is 0 Å². The highest BCUT2D eigenvalue weighted by Gasteiger charge is 2.34. The second kappa shape index (κ2) is 3.91. The lowest BCUT2D eigenvalue weighted by atomic mass is 9.80. The largest absolute Gasteiger partial charge is 0.506 e. The molecule has 82 valence electrons. The molecule has 0 aliphatic heterocycles. The van der Waals surface area contributed by atoms with Crippen LogP contribution >= 0.6 is 11.6 Å². The first kappa shape index (κ1) is 10.6. The van der Waals surface area contributed by atoms with Gasteiger partial charge in [-0.2, -0.15) is 0 Å². The van der Waals surface area contributed by atoms with Gasteiger partial charge in [-0.1, -0.05) is 11.6 Å². The lowest BCUT2D eigenvalue weighted by Gasteiger charge is -2.36. The van der Waals surface area contributed by atoms with Crippen molar-refractivity contribution in [3.63, 3.8) is 0 Å². The summed E-state index contributed by atoms with van der Waals surface area (Å²) in [6, 6.07) is 4.81. The van der Waals surface area contributed by atoms with Crippen LogP contribution in [0.15, 0.2) is 18.2 Å². The van der Waals surface area contributed by atoms with E-state index < -0.39 is 5.60 Å². The van der Waals surface area contributed by atoms with Gasteiger partial charge in [0, 0.05) is 11.6 Å². The van der Waals surface area contributed by atoms with Gasteiger partial charge in [-0.05, 0) is 37.5 Å². The maximum atomic E-state index is 9.85. The Kier molecular flexibility index (Phi) is 2.76. The molecule has 0 unspecified atom stereocenters. The smallest absolute Gasteiger partial charge is 0.138 e. The number of phenolic OH excluding ortho intramolecular Hbond substituents is 1. The Hall–Kier alpha value is -0.930. The maximum Gasteiger partial charge on any atom is 0.138 e. The van der Waals surface area contributed by atoms with E-state index in [0.717, 1.165) is 19.3 Å². The zero-order chi connectivity index (χ0) is 10.9. The van der Waals surface area contributed by atoms with Crippen LogP contribution < -0.4 is 5.32 Å². The molecule has 0 bridgehead atoms. The first-order valence-corrected chi connectivity index (χ1v) is 5.42. The monoisotopic (exact) mass is 227 g/mol. The predicted molar refractivity (Wildman–Crippen MR) is 60.4 cm³/mol. The zero-order valence-corrected chi connectivity index (χ0v) is 9.09. The molecule has 15 heavy (non-hydrogen) atoms. The summed E-state index contributed by atoms with van der Waals surface area (Å²) in [6.45, 7) is 0.459. The number of phenols is 1. The summed E-state index contributed by atoms with van der Waals surface area (Å²) in [5.41, 5.74) is -0.0304. The van der Waals surface area contributed by atoms with Gasteiger partial charge in [-0.3, -0.25) is 0 Å². The Balaban J connectivity index is 2.01. The average molecular weight is 228 g/mol. The van der Waals surface area contributed by atoms with Gasteiger partial charge in [0.25, 0.3) is 0 Å². The number of nitrogens with one attached hydrogen (secondary N) is 1. The minimum absolute atomic E-state index is 0.155. The number of aliphatic hydroxyl groups is 1. The molecule has 3 nitrogen and oxygen atoms in total. The van der Waals surface area contributed by atoms with Gasteiger partial charge in [0.1, 0.15) is 5.75 Å². The first-order chi connectivity index (χ1) is 7.09. The highest BCUT2D eigenvalue weighted by molar-refractivity contribution is 6.30. The van der Waals surface area contributed by atoms with Crippen molar-refractivity contribution in [1.29, 1.82) is 0 Å². The normalized spacial score (nSPS) is 18.3. The van der Waals surface area contributed by atoms with E-state index in [-0.39, 0.29) is 5.75 Å². The average Bonchev–Trinajstić information content (AvgIpc) is 2.17. The molecule has 4 heteroatoms. The van der Waals surface area contributed by atoms with Crippen LogP contribution in [0.4, 0.5) is 5.69 Å². The highest BCUT2D eigenvalue weighted by atomic mass is 35.5. The molecule has 0 spiro atoms. The van der Waals surface area contributed by atoms with Crippen LogP contribution in [0, 0.1) is 0 Å². The molecule has 0 radical (unpaired) electrons. The summed E-state index contributed by atoms with van der Waals surface area (Å²) in [5.74, 6) is 0.155. The van der Waals surface area contributed by atoms with Gasteiger partial charge in [-0.25, -0.2) is 0 Å². The number of hydrogen-bond donors (Lipinski definition) is 3.